The number of carbonyl (C=O) groups excluding carboxylic acids is 1. The van der Waals surface area contributed by atoms with E-state index in [2.05, 4.69) is 37.1 Å². The third-order valence-electron chi connectivity index (χ3n) is 8.94. The topological polar surface area (TPSA) is 144 Å². The highest BCUT2D eigenvalue weighted by molar-refractivity contribution is 7.92. The minimum absolute atomic E-state index is 0.00230. The minimum atomic E-state index is -5.09. The van der Waals surface area contributed by atoms with Crippen LogP contribution < -0.4 is 10.0 Å². The molecule has 1 aliphatic carbocycles. The lowest BCUT2D eigenvalue weighted by atomic mass is 9.93. The molecule has 3 N–H and O–H groups in total. The molecule has 0 saturated carbocycles. The van der Waals surface area contributed by atoms with Gasteiger partial charge in [0, 0.05) is 41.1 Å². The van der Waals surface area contributed by atoms with E-state index in [9.17, 15) is 40.3 Å². The number of benzene rings is 2. The number of carbonyl (C=O) groups is 1. The summed E-state index contributed by atoms with van der Waals surface area (Å²) in [5, 5.41) is 20.9. The number of pyridine rings is 1. The number of hydrogen-bond donors (Lipinski definition) is 3. The highest BCUT2D eigenvalue weighted by Crippen LogP contribution is 2.49. The molecule has 3 heterocycles. The number of para-hydroxylation sites is 1. The van der Waals surface area contributed by atoms with Crippen molar-refractivity contribution in [2.45, 2.75) is 63.9 Å². The van der Waals surface area contributed by atoms with Crippen LogP contribution in [0.4, 0.5) is 36.6 Å². The summed E-state index contributed by atoms with van der Waals surface area (Å²) in [6.45, 7) is 2.83. The largest absolute Gasteiger partial charge is 0.435 e. The maximum atomic E-state index is 15.3. The van der Waals surface area contributed by atoms with Gasteiger partial charge < -0.3 is 10.4 Å². The van der Waals surface area contributed by atoms with Crippen molar-refractivity contribution in [2.75, 3.05) is 11.0 Å². The molecule has 0 fully saturated rings. The van der Waals surface area contributed by atoms with E-state index in [-0.39, 0.29) is 34.8 Å². The number of amides is 1. The van der Waals surface area contributed by atoms with E-state index in [1.807, 2.05) is 0 Å². The quantitative estimate of drug-likeness (QED) is 0.122. The van der Waals surface area contributed by atoms with Crippen molar-refractivity contribution in [3.05, 3.63) is 94.1 Å². The van der Waals surface area contributed by atoms with Crippen LogP contribution in [0.3, 0.4) is 0 Å². The number of fused-ring (bicyclic) bond motifs is 2. The molecular weight excluding hydrogens is 772 g/mol. The van der Waals surface area contributed by atoms with E-state index in [1.165, 1.54) is 24.6 Å². The van der Waals surface area contributed by atoms with Gasteiger partial charge in [0.15, 0.2) is 11.5 Å². The number of hydrogen-bond acceptors (Lipinski definition) is 7. The van der Waals surface area contributed by atoms with Crippen LogP contribution in [0, 0.1) is 29.4 Å². The number of aryl methyl sites for hydroxylation is 1. The highest BCUT2D eigenvalue weighted by Gasteiger charge is 2.54. The van der Waals surface area contributed by atoms with E-state index >= 15 is 8.78 Å². The Balaban J connectivity index is 1.53. The zero-order valence-corrected chi connectivity index (χ0v) is 31.2. The molecule has 0 aliphatic heterocycles. The summed E-state index contributed by atoms with van der Waals surface area (Å²) in [5.41, 5.74) is -3.69. The second kappa shape index (κ2) is 14.2. The summed E-state index contributed by atoms with van der Waals surface area (Å²) < 4.78 is 130. The zero-order chi connectivity index (χ0) is 41.1. The van der Waals surface area contributed by atoms with Gasteiger partial charge in [-0.3, -0.25) is 18.9 Å². The molecule has 0 unspecified atom stereocenters. The van der Waals surface area contributed by atoms with E-state index in [4.69, 9.17) is 0 Å². The Morgan fingerprint density at radius 1 is 1.07 bits per heavy atom. The van der Waals surface area contributed by atoms with Crippen molar-refractivity contribution in [3.63, 3.8) is 0 Å². The van der Waals surface area contributed by atoms with Gasteiger partial charge in [0.05, 0.1) is 23.5 Å². The third-order valence-corrected chi connectivity index (χ3v) is 9.51. The predicted octanol–water partition coefficient (Wildman–Crippen LogP) is 6.01. The van der Waals surface area contributed by atoms with Crippen LogP contribution >= 0.6 is 0 Å². The number of alkyl halides is 5. The van der Waals surface area contributed by atoms with E-state index in [0.29, 0.717) is 27.2 Å². The zero-order valence-electron chi connectivity index (χ0n) is 30.4. The summed E-state index contributed by atoms with van der Waals surface area (Å²) in [6, 6.07) is 9.08. The van der Waals surface area contributed by atoms with Gasteiger partial charge in [0.2, 0.25) is 15.9 Å². The summed E-state index contributed by atoms with van der Waals surface area (Å²) >= 11 is 0. The van der Waals surface area contributed by atoms with Crippen molar-refractivity contribution in [2.24, 2.45) is 13.0 Å². The summed E-state index contributed by atoms with van der Waals surface area (Å²) in [6.07, 6.45) is -5.16. The molecule has 1 aliphatic rings. The second-order valence-corrected chi connectivity index (χ2v) is 15.9. The molecule has 6 rings (SSSR count). The average molecular weight is 806 g/mol. The Kier molecular flexibility index (Phi) is 10.2. The molecule has 19 heteroatoms. The fourth-order valence-corrected chi connectivity index (χ4v) is 7.19. The van der Waals surface area contributed by atoms with Gasteiger partial charge >= 0.3 is 6.18 Å². The van der Waals surface area contributed by atoms with Crippen LogP contribution in [0.5, 0.6) is 0 Å². The van der Waals surface area contributed by atoms with E-state index < -0.39 is 87.1 Å². The fraction of sp³-hybridized carbons (Fsp3) is 0.351. The average Bonchev–Trinajstić information content (AvgIpc) is 3.66. The number of nitrogens with zero attached hydrogens (tertiary/aromatic N) is 5. The molecular formula is C37H34F7N7O4S. The van der Waals surface area contributed by atoms with Crippen LogP contribution in [-0.2, 0) is 53.4 Å². The van der Waals surface area contributed by atoms with Gasteiger partial charge in [-0.25, -0.2) is 22.2 Å². The molecule has 5 aromatic rings. The van der Waals surface area contributed by atoms with Crippen LogP contribution in [-0.4, -0.2) is 55.8 Å². The first-order valence-electron chi connectivity index (χ1n) is 16.9. The minimum Gasteiger partial charge on any atom is -0.378 e. The number of sulfonamides is 1. The molecule has 1 amide bonds. The Morgan fingerprint density at radius 2 is 1.75 bits per heavy atom. The SMILES string of the molecule is C[C@@H]1Cc2c(C(F)(F)F)nn(CC(=O)N[C@@H](Cc3cc(F)cc(F)c3)c3nc(C#CC(C)(C)O)ccc3-c3cccc4c(NS(C)(=O)=O)nn(C)c34)c2C1(F)F. The van der Waals surface area contributed by atoms with Crippen molar-refractivity contribution >= 4 is 32.7 Å². The summed E-state index contributed by atoms with van der Waals surface area (Å²) in [5.74, 6) is -2.94. The van der Waals surface area contributed by atoms with Gasteiger partial charge in [-0.1, -0.05) is 25.0 Å². The molecule has 3 aromatic heterocycles. The smallest absolute Gasteiger partial charge is 0.378 e. The molecule has 0 spiro atoms. The first-order valence-corrected chi connectivity index (χ1v) is 18.8. The van der Waals surface area contributed by atoms with Crippen LogP contribution in [0.2, 0.25) is 0 Å². The standard InChI is InChI=1S/C37H34F7N7O4S/c1-19-13-27-32(37(42,43)44)47-51(33(27)36(19,40)41)18-29(52)46-28(16-20-14-21(38)17-22(39)15-20)30-24(10-9-23(45-30)11-12-35(2,3)53)25-7-6-8-26-31(25)50(4)48-34(26)49-56(5,54)55/h6-10,14-15,17,19,28,53H,13,16,18H2,1-5H3,(H,46,52)(H,48,49)/t19-,28+/m1/s1. The van der Waals surface area contributed by atoms with E-state index in [0.717, 1.165) is 25.3 Å². The number of aliphatic hydroxyl groups is 1. The normalized spacial score (nSPS) is 16.0. The van der Waals surface area contributed by atoms with Gasteiger partial charge in [-0.2, -0.15) is 32.1 Å². The molecule has 2 atom stereocenters. The number of nitrogens with one attached hydrogen (secondary N) is 2. The molecule has 0 saturated heterocycles. The highest BCUT2D eigenvalue weighted by atomic mass is 32.2. The maximum absolute atomic E-state index is 15.3. The monoisotopic (exact) mass is 805 g/mol. The first-order chi connectivity index (χ1) is 25.9. The Morgan fingerprint density at radius 3 is 2.38 bits per heavy atom. The Bertz CT molecular complexity index is 2530. The van der Waals surface area contributed by atoms with Crippen LogP contribution in [0.25, 0.3) is 22.0 Å². The Labute approximate surface area is 316 Å². The summed E-state index contributed by atoms with van der Waals surface area (Å²) in [4.78, 5) is 18.5. The molecule has 0 bridgehead atoms. The van der Waals surface area contributed by atoms with Crippen molar-refractivity contribution < 1.29 is 49.1 Å². The lowest BCUT2D eigenvalue weighted by molar-refractivity contribution is -0.142. The lowest BCUT2D eigenvalue weighted by Gasteiger charge is -2.23. The predicted molar refractivity (Wildman–Crippen MR) is 191 cm³/mol. The first kappa shape index (κ1) is 40.2. The van der Waals surface area contributed by atoms with Gasteiger partial charge in [0.1, 0.15) is 35.2 Å². The number of halogens is 7. The van der Waals surface area contributed by atoms with Crippen molar-refractivity contribution in [3.8, 4) is 23.0 Å². The summed E-state index contributed by atoms with van der Waals surface area (Å²) in [7, 11) is -2.24. The fourth-order valence-electron chi connectivity index (χ4n) is 6.69. The van der Waals surface area contributed by atoms with Gasteiger partial charge in [-0.15, -0.1) is 0 Å². The van der Waals surface area contributed by atoms with Crippen LogP contribution in [0.1, 0.15) is 60.7 Å². The van der Waals surface area contributed by atoms with Gasteiger partial charge in [0.25, 0.3) is 5.92 Å². The molecule has 56 heavy (non-hydrogen) atoms. The molecule has 11 nitrogen and oxygen atoms in total. The van der Waals surface area contributed by atoms with Crippen molar-refractivity contribution in [1.29, 1.82) is 0 Å². The third kappa shape index (κ3) is 8.35. The van der Waals surface area contributed by atoms with Gasteiger partial charge in [-0.05, 0) is 68.5 Å². The Hall–Kier alpha value is -5.48. The van der Waals surface area contributed by atoms with Crippen molar-refractivity contribution in [1.82, 2.24) is 29.9 Å². The molecule has 296 valence electrons. The number of aromatic nitrogens is 5. The van der Waals surface area contributed by atoms with E-state index in [1.54, 1.807) is 31.3 Å². The number of anilines is 1. The maximum Gasteiger partial charge on any atom is 0.435 e. The number of rotatable bonds is 9. The van der Waals surface area contributed by atoms with Crippen LogP contribution in [0.15, 0.2) is 48.5 Å². The molecule has 0 radical (unpaired) electrons. The second-order valence-electron chi connectivity index (χ2n) is 14.1. The molecule has 2 aromatic carbocycles. The lowest BCUT2D eigenvalue weighted by Crippen LogP contribution is -2.35.